The highest BCUT2D eigenvalue weighted by atomic mass is 16.5. The quantitative estimate of drug-likeness (QED) is 0.824. The van der Waals surface area contributed by atoms with Crippen molar-refractivity contribution in [3.05, 3.63) is 29.8 Å². The van der Waals surface area contributed by atoms with Gasteiger partial charge in [0.2, 0.25) is 5.91 Å². The van der Waals surface area contributed by atoms with Crippen molar-refractivity contribution in [2.24, 2.45) is 5.73 Å². The molecule has 6 nitrogen and oxygen atoms in total. The highest BCUT2D eigenvalue weighted by Gasteiger charge is 2.29. The number of para-hydroxylation sites is 1. The first-order valence-electron chi connectivity index (χ1n) is 7.48. The van der Waals surface area contributed by atoms with Crippen molar-refractivity contribution < 1.29 is 14.3 Å². The van der Waals surface area contributed by atoms with Gasteiger partial charge in [0.15, 0.2) is 0 Å². The summed E-state index contributed by atoms with van der Waals surface area (Å²) in [5.74, 6) is -0.477. The van der Waals surface area contributed by atoms with E-state index in [1.165, 1.54) is 7.11 Å². The normalized spacial score (nSPS) is 19.8. The lowest BCUT2D eigenvalue weighted by Gasteiger charge is -2.23. The number of anilines is 1. The first-order chi connectivity index (χ1) is 10.5. The van der Waals surface area contributed by atoms with Gasteiger partial charge in [-0.2, -0.15) is 0 Å². The molecule has 1 aromatic rings. The molecule has 0 aliphatic carbocycles. The molecule has 2 atom stereocenters. The van der Waals surface area contributed by atoms with Crippen LogP contribution in [0.3, 0.4) is 0 Å². The van der Waals surface area contributed by atoms with Crippen LogP contribution >= 0.6 is 0 Å². The lowest BCUT2D eigenvalue weighted by atomic mass is 10.1. The third kappa shape index (κ3) is 3.84. The van der Waals surface area contributed by atoms with Crippen LogP contribution in [0.1, 0.15) is 25.3 Å². The van der Waals surface area contributed by atoms with Gasteiger partial charge in [-0.15, -0.1) is 0 Å². The molecule has 1 heterocycles. The number of nitrogens with zero attached hydrogens (tertiary/aromatic N) is 1. The van der Waals surface area contributed by atoms with E-state index in [9.17, 15) is 9.59 Å². The molecular formula is C16H23N3O3. The summed E-state index contributed by atoms with van der Waals surface area (Å²) in [6, 6.07) is 7.36. The number of nitrogens with one attached hydrogen (secondary N) is 1. The Hall–Kier alpha value is -1.92. The second-order valence-electron chi connectivity index (χ2n) is 5.56. The largest absolute Gasteiger partial charge is 0.372 e. The fourth-order valence-electron chi connectivity index (χ4n) is 2.68. The standard InChI is InChI=1S/C16H23N3O3/c1-11(22-2)16(21)18-13-7-4-3-6-12(13)10-19-9-5-8-14(19)15(17)20/h3-4,6-7,11,14H,5,8-10H2,1-2H3,(H2,17,20)(H,18,21)/t11-,14-/m0/s1. The average Bonchev–Trinajstić information content (AvgIpc) is 2.96. The maximum absolute atomic E-state index is 12.0. The number of rotatable bonds is 6. The number of ether oxygens (including phenoxy) is 1. The van der Waals surface area contributed by atoms with Gasteiger partial charge in [0.1, 0.15) is 6.10 Å². The van der Waals surface area contributed by atoms with Crippen LogP contribution in [0.15, 0.2) is 24.3 Å². The third-order valence-corrected chi connectivity index (χ3v) is 4.06. The van der Waals surface area contributed by atoms with Gasteiger partial charge in [0, 0.05) is 19.3 Å². The van der Waals surface area contributed by atoms with Crippen molar-refractivity contribution in [1.82, 2.24) is 4.90 Å². The van der Waals surface area contributed by atoms with Crippen molar-refractivity contribution >= 4 is 17.5 Å². The Labute approximate surface area is 130 Å². The molecule has 6 heteroatoms. The van der Waals surface area contributed by atoms with E-state index < -0.39 is 6.10 Å². The Morgan fingerprint density at radius 1 is 1.45 bits per heavy atom. The minimum absolute atomic E-state index is 0.192. The zero-order chi connectivity index (χ0) is 16.1. The molecule has 2 amide bonds. The van der Waals surface area contributed by atoms with Crippen LogP contribution in [-0.4, -0.2) is 42.5 Å². The minimum Gasteiger partial charge on any atom is -0.372 e. The number of carbonyl (C=O) groups is 2. The highest BCUT2D eigenvalue weighted by molar-refractivity contribution is 5.94. The van der Waals surface area contributed by atoms with E-state index in [4.69, 9.17) is 10.5 Å². The first-order valence-corrected chi connectivity index (χ1v) is 7.48. The van der Waals surface area contributed by atoms with Gasteiger partial charge < -0.3 is 15.8 Å². The van der Waals surface area contributed by atoms with Crippen LogP contribution in [0.25, 0.3) is 0 Å². The van der Waals surface area contributed by atoms with E-state index in [1.54, 1.807) is 6.92 Å². The van der Waals surface area contributed by atoms with Gasteiger partial charge in [0.05, 0.1) is 6.04 Å². The Morgan fingerprint density at radius 2 is 2.18 bits per heavy atom. The Balaban J connectivity index is 2.11. The number of benzene rings is 1. The van der Waals surface area contributed by atoms with Gasteiger partial charge in [-0.05, 0) is 37.9 Å². The summed E-state index contributed by atoms with van der Waals surface area (Å²) in [5, 5.41) is 2.87. The van der Waals surface area contributed by atoms with Crippen LogP contribution in [0.5, 0.6) is 0 Å². The van der Waals surface area contributed by atoms with Crippen LogP contribution in [0.4, 0.5) is 5.69 Å². The Bertz CT molecular complexity index is 547. The molecule has 3 N–H and O–H groups in total. The van der Waals surface area contributed by atoms with Gasteiger partial charge in [-0.3, -0.25) is 14.5 Å². The number of likely N-dealkylation sites (tertiary alicyclic amines) is 1. The molecule has 0 bridgehead atoms. The van der Waals surface area contributed by atoms with E-state index in [1.807, 2.05) is 24.3 Å². The van der Waals surface area contributed by atoms with Crippen molar-refractivity contribution in [2.75, 3.05) is 19.0 Å². The molecule has 0 spiro atoms. The molecule has 120 valence electrons. The van der Waals surface area contributed by atoms with Crippen LogP contribution in [-0.2, 0) is 20.9 Å². The predicted molar refractivity (Wildman–Crippen MR) is 84.2 cm³/mol. The Morgan fingerprint density at radius 3 is 2.86 bits per heavy atom. The Kier molecular flexibility index (Phi) is 5.51. The maximum atomic E-state index is 12.0. The van der Waals surface area contributed by atoms with Gasteiger partial charge >= 0.3 is 0 Å². The van der Waals surface area contributed by atoms with Crippen LogP contribution < -0.4 is 11.1 Å². The smallest absolute Gasteiger partial charge is 0.253 e. The van der Waals surface area contributed by atoms with E-state index in [0.717, 1.165) is 30.6 Å². The summed E-state index contributed by atoms with van der Waals surface area (Å²) >= 11 is 0. The number of hydrogen-bond acceptors (Lipinski definition) is 4. The monoisotopic (exact) mass is 305 g/mol. The average molecular weight is 305 g/mol. The molecule has 0 radical (unpaired) electrons. The lowest BCUT2D eigenvalue weighted by Crippen LogP contribution is -2.40. The summed E-state index contributed by atoms with van der Waals surface area (Å²) in [5.41, 5.74) is 7.16. The minimum atomic E-state index is -0.516. The van der Waals surface area contributed by atoms with E-state index >= 15 is 0 Å². The number of methoxy groups -OCH3 is 1. The summed E-state index contributed by atoms with van der Waals surface area (Å²) in [7, 11) is 1.50. The second kappa shape index (κ2) is 7.38. The number of primary amides is 1. The molecule has 1 fully saturated rings. The highest BCUT2D eigenvalue weighted by Crippen LogP contribution is 2.23. The van der Waals surface area contributed by atoms with Crippen LogP contribution in [0.2, 0.25) is 0 Å². The number of hydrogen-bond donors (Lipinski definition) is 2. The van der Waals surface area contributed by atoms with Crippen LogP contribution in [0, 0.1) is 0 Å². The molecule has 0 saturated carbocycles. The first kappa shape index (κ1) is 16.5. The third-order valence-electron chi connectivity index (χ3n) is 4.06. The summed E-state index contributed by atoms with van der Waals surface area (Å²) in [4.78, 5) is 25.5. The van der Waals surface area contributed by atoms with Gasteiger partial charge in [0.25, 0.3) is 5.91 Å². The fraction of sp³-hybridized carbons (Fsp3) is 0.500. The number of amides is 2. The van der Waals surface area contributed by atoms with Gasteiger partial charge in [-0.25, -0.2) is 0 Å². The van der Waals surface area contributed by atoms with E-state index in [-0.39, 0.29) is 17.9 Å². The second-order valence-corrected chi connectivity index (χ2v) is 5.56. The van der Waals surface area contributed by atoms with Crippen molar-refractivity contribution in [2.45, 2.75) is 38.5 Å². The molecule has 0 aromatic heterocycles. The fourth-order valence-corrected chi connectivity index (χ4v) is 2.68. The molecule has 1 aromatic carbocycles. The van der Waals surface area contributed by atoms with E-state index in [2.05, 4.69) is 10.2 Å². The zero-order valence-electron chi connectivity index (χ0n) is 13.0. The molecule has 2 rings (SSSR count). The van der Waals surface area contributed by atoms with Crippen molar-refractivity contribution in [1.29, 1.82) is 0 Å². The number of carbonyl (C=O) groups excluding carboxylic acids is 2. The van der Waals surface area contributed by atoms with Crippen molar-refractivity contribution in [3.63, 3.8) is 0 Å². The van der Waals surface area contributed by atoms with E-state index in [0.29, 0.717) is 6.54 Å². The molecule has 1 saturated heterocycles. The molecule has 0 unspecified atom stereocenters. The van der Waals surface area contributed by atoms with Gasteiger partial charge in [-0.1, -0.05) is 18.2 Å². The SMILES string of the molecule is CO[C@@H](C)C(=O)Nc1ccccc1CN1CCC[C@H]1C(N)=O. The molecule has 1 aliphatic heterocycles. The lowest BCUT2D eigenvalue weighted by molar-refractivity contribution is -0.125. The maximum Gasteiger partial charge on any atom is 0.253 e. The topological polar surface area (TPSA) is 84.7 Å². The molecular weight excluding hydrogens is 282 g/mol. The summed E-state index contributed by atoms with van der Waals surface area (Å²) < 4.78 is 5.02. The molecule has 22 heavy (non-hydrogen) atoms. The number of nitrogens with two attached hydrogens (primary N) is 1. The molecule has 1 aliphatic rings. The van der Waals surface area contributed by atoms with Crippen molar-refractivity contribution in [3.8, 4) is 0 Å². The summed E-state index contributed by atoms with van der Waals surface area (Å²) in [6.45, 7) is 3.12. The predicted octanol–water partition coefficient (Wildman–Crippen LogP) is 1.11. The summed E-state index contributed by atoms with van der Waals surface area (Å²) in [6.07, 6.45) is 1.24. The zero-order valence-corrected chi connectivity index (χ0v) is 13.0.